The topological polar surface area (TPSA) is 73.0 Å². The van der Waals surface area contributed by atoms with Crippen molar-refractivity contribution in [2.45, 2.75) is 18.1 Å². The van der Waals surface area contributed by atoms with Gasteiger partial charge in [0, 0.05) is 7.05 Å². The molecule has 0 aliphatic rings. The minimum atomic E-state index is -0.299. The maximum Gasteiger partial charge on any atom is 0.230 e. The maximum atomic E-state index is 13.0. The highest BCUT2D eigenvalue weighted by atomic mass is 32.2. The van der Waals surface area contributed by atoms with Crippen LogP contribution < -0.4 is 5.32 Å². The summed E-state index contributed by atoms with van der Waals surface area (Å²) in [5, 5.41) is 11.7. The van der Waals surface area contributed by atoms with E-state index in [1.54, 1.807) is 35.1 Å². The van der Waals surface area contributed by atoms with Crippen LogP contribution in [0.2, 0.25) is 0 Å². The molecule has 3 rings (SSSR count). The number of carbonyl (C=O) groups is 1. The summed E-state index contributed by atoms with van der Waals surface area (Å²) in [6.45, 7) is 1.85. The Morgan fingerprint density at radius 1 is 1.32 bits per heavy atom. The Bertz CT molecular complexity index is 846. The molecule has 130 valence electrons. The number of furan rings is 1. The van der Waals surface area contributed by atoms with Crippen molar-refractivity contribution in [3.63, 3.8) is 0 Å². The fourth-order valence-electron chi connectivity index (χ4n) is 2.31. The van der Waals surface area contributed by atoms with Crippen LogP contribution in [0, 0.1) is 5.82 Å². The lowest BCUT2D eigenvalue weighted by molar-refractivity contribution is -0.119. The molecule has 0 bridgehead atoms. The van der Waals surface area contributed by atoms with E-state index >= 15 is 0 Å². The van der Waals surface area contributed by atoms with Gasteiger partial charge in [-0.05, 0) is 36.8 Å². The second-order valence-corrected chi connectivity index (χ2v) is 6.41. The summed E-state index contributed by atoms with van der Waals surface area (Å²) in [4.78, 5) is 12.1. The molecule has 0 saturated heterocycles. The molecule has 0 aliphatic heterocycles. The van der Waals surface area contributed by atoms with Gasteiger partial charge in [-0.1, -0.05) is 23.9 Å². The summed E-state index contributed by atoms with van der Waals surface area (Å²) in [6, 6.07) is 9.45. The molecule has 0 radical (unpaired) electrons. The molecular formula is C17H17FN4O2S. The van der Waals surface area contributed by atoms with E-state index in [2.05, 4.69) is 15.5 Å². The first-order valence-electron chi connectivity index (χ1n) is 7.65. The van der Waals surface area contributed by atoms with Gasteiger partial charge < -0.3 is 14.3 Å². The zero-order chi connectivity index (χ0) is 17.8. The Morgan fingerprint density at radius 2 is 2.08 bits per heavy atom. The second-order valence-electron chi connectivity index (χ2n) is 5.47. The van der Waals surface area contributed by atoms with Gasteiger partial charge in [0.15, 0.2) is 16.7 Å². The zero-order valence-corrected chi connectivity index (χ0v) is 14.6. The minimum Gasteiger partial charge on any atom is -0.461 e. The lowest BCUT2D eigenvalue weighted by Crippen LogP contribution is -2.28. The molecule has 0 fully saturated rings. The van der Waals surface area contributed by atoms with Gasteiger partial charge in [0.25, 0.3) is 0 Å². The first-order valence-corrected chi connectivity index (χ1v) is 8.64. The Labute approximate surface area is 148 Å². The molecule has 8 heteroatoms. The van der Waals surface area contributed by atoms with Crippen molar-refractivity contribution < 1.29 is 13.6 Å². The third-order valence-electron chi connectivity index (χ3n) is 3.66. The highest BCUT2D eigenvalue weighted by Crippen LogP contribution is 2.23. The fraction of sp³-hybridized carbons (Fsp3) is 0.235. The van der Waals surface area contributed by atoms with E-state index in [4.69, 9.17) is 4.42 Å². The van der Waals surface area contributed by atoms with Gasteiger partial charge in [-0.2, -0.15) is 0 Å². The average Bonchev–Trinajstić information content (AvgIpc) is 3.23. The van der Waals surface area contributed by atoms with Gasteiger partial charge in [0.2, 0.25) is 5.91 Å². The van der Waals surface area contributed by atoms with E-state index in [-0.39, 0.29) is 23.5 Å². The number of thioether (sulfide) groups is 1. The van der Waals surface area contributed by atoms with Crippen LogP contribution >= 0.6 is 11.8 Å². The third kappa shape index (κ3) is 4.08. The van der Waals surface area contributed by atoms with Gasteiger partial charge in [0.1, 0.15) is 5.82 Å². The van der Waals surface area contributed by atoms with Crippen LogP contribution in [0.15, 0.2) is 52.2 Å². The summed E-state index contributed by atoms with van der Waals surface area (Å²) in [6.07, 6.45) is 1.57. The van der Waals surface area contributed by atoms with Crippen molar-refractivity contribution in [2.24, 2.45) is 7.05 Å². The molecule has 6 nitrogen and oxygen atoms in total. The predicted molar refractivity (Wildman–Crippen MR) is 92.4 cm³/mol. The molecule has 2 aromatic heterocycles. The summed E-state index contributed by atoms with van der Waals surface area (Å²) < 4.78 is 20.0. The Balaban J connectivity index is 1.56. The molecule has 1 atom stereocenters. The smallest absolute Gasteiger partial charge is 0.230 e. The first-order chi connectivity index (χ1) is 12.0. The number of amides is 1. The number of aromatic nitrogens is 3. The number of benzene rings is 1. The van der Waals surface area contributed by atoms with Crippen LogP contribution in [0.1, 0.15) is 18.5 Å². The molecule has 1 N–H and O–H groups in total. The fourth-order valence-corrected chi connectivity index (χ4v) is 3.03. The van der Waals surface area contributed by atoms with Crippen LogP contribution in [0.4, 0.5) is 4.39 Å². The molecular weight excluding hydrogens is 343 g/mol. The molecule has 0 saturated carbocycles. The van der Waals surface area contributed by atoms with Crippen molar-refractivity contribution in [1.29, 1.82) is 0 Å². The Kier molecular flexibility index (Phi) is 5.18. The Morgan fingerprint density at radius 3 is 2.76 bits per heavy atom. The molecule has 1 aromatic carbocycles. The number of carbonyl (C=O) groups excluding carboxylic acids is 1. The summed E-state index contributed by atoms with van der Waals surface area (Å²) in [5.74, 6) is 0.996. The van der Waals surface area contributed by atoms with E-state index in [0.29, 0.717) is 16.7 Å². The van der Waals surface area contributed by atoms with E-state index < -0.39 is 0 Å². The number of hydrogen-bond donors (Lipinski definition) is 1. The number of halogens is 1. The zero-order valence-electron chi connectivity index (χ0n) is 13.8. The van der Waals surface area contributed by atoms with Crippen molar-refractivity contribution in [1.82, 2.24) is 20.1 Å². The lowest BCUT2D eigenvalue weighted by Gasteiger charge is -2.14. The lowest BCUT2D eigenvalue weighted by atomic mass is 10.1. The molecule has 3 aromatic rings. The van der Waals surface area contributed by atoms with Crippen LogP contribution in [0.3, 0.4) is 0 Å². The van der Waals surface area contributed by atoms with Crippen molar-refractivity contribution in [3.05, 3.63) is 54.0 Å². The van der Waals surface area contributed by atoms with E-state index in [1.807, 2.05) is 14.0 Å². The van der Waals surface area contributed by atoms with E-state index in [1.165, 1.54) is 23.9 Å². The number of hydrogen-bond acceptors (Lipinski definition) is 5. The van der Waals surface area contributed by atoms with Gasteiger partial charge in [0.05, 0.1) is 18.1 Å². The maximum absolute atomic E-state index is 13.0. The summed E-state index contributed by atoms with van der Waals surface area (Å²) in [7, 11) is 1.82. The van der Waals surface area contributed by atoms with Crippen LogP contribution in [0.5, 0.6) is 0 Å². The van der Waals surface area contributed by atoms with E-state index in [0.717, 1.165) is 5.56 Å². The minimum absolute atomic E-state index is 0.135. The standard InChI is InChI=1S/C17H17FN4O2S/c1-11(12-5-7-13(18)8-6-12)19-15(23)10-25-17-21-20-16(22(17)2)14-4-3-9-24-14/h3-9,11H,10H2,1-2H3,(H,19,23). The molecule has 2 heterocycles. The van der Waals surface area contributed by atoms with Crippen molar-refractivity contribution >= 4 is 17.7 Å². The third-order valence-corrected chi connectivity index (χ3v) is 4.68. The predicted octanol–water partition coefficient (Wildman–Crippen LogP) is 3.18. The molecule has 0 aliphatic carbocycles. The van der Waals surface area contributed by atoms with Gasteiger partial charge in [-0.25, -0.2) is 4.39 Å². The normalized spacial score (nSPS) is 12.1. The van der Waals surface area contributed by atoms with Crippen LogP contribution in [-0.4, -0.2) is 26.4 Å². The van der Waals surface area contributed by atoms with Gasteiger partial charge in [-0.15, -0.1) is 10.2 Å². The molecule has 1 amide bonds. The van der Waals surface area contributed by atoms with Crippen LogP contribution in [-0.2, 0) is 11.8 Å². The van der Waals surface area contributed by atoms with Gasteiger partial charge >= 0.3 is 0 Å². The number of nitrogens with zero attached hydrogens (tertiary/aromatic N) is 3. The van der Waals surface area contributed by atoms with Crippen molar-refractivity contribution in [2.75, 3.05) is 5.75 Å². The monoisotopic (exact) mass is 360 g/mol. The molecule has 1 unspecified atom stereocenters. The SMILES string of the molecule is CC(NC(=O)CSc1nnc(-c2ccco2)n1C)c1ccc(F)cc1. The van der Waals surface area contributed by atoms with Crippen LogP contribution in [0.25, 0.3) is 11.6 Å². The van der Waals surface area contributed by atoms with Gasteiger partial charge in [-0.3, -0.25) is 4.79 Å². The molecule has 25 heavy (non-hydrogen) atoms. The van der Waals surface area contributed by atoms with Crippen molar-refractivity contribution in [3.8, 4) is 11.6 Å². The number of rotatable bonds is 6. The quantitative estimate of drug-likeness (QED) is 0.684. The highest BCUT2D eigenvalue weighted by molar-refractivity contribution is 7.99. The Hall–Kier alpha value is -2.61. The largest absolute Gasteiger partial charge is 0.461 e. The summed E-state index contributed by atoms with van der Waals surface area (Å²) >= 11 is 1.29. The first kappa shape index (κ1) is 17.2. The summed E-state index contributed by atoms with van der Waals surface area (Å²) in [5.41, 5.74) is 0.846. The molecule has 0 spiro atoms. The second kappa shape index (κ2) is 7.52. The average molecular weight is 360 g/mol. The highest BCUT2D eigenvalue weighted by Gasteiger charge is 2.15. The number of nitrogens with one attached hydrogen (secondary N) is 1. The van der Waals surface area contributed by atoms with E-state index in [9.17, 15) is 9.18 Å².